The number of methoxy groups -OCH3 is 1. The molecule has 7 nitrogen and oxygen atoms in total. The van der Waals surface area contributed by atoms with E-state index in [0.29, 0.717) is 23.7 Å². The van der Waals surface area contributed by atoms with E-state index >= 15 is 0 Å². The average Bonchev–Trinajstić information content (AvgIpc) is 2.75. The summed E-state index contributed by atoms with van der Waals surface area (Å²) in [5, 5.41) is 5.49. The van der Waals surface area contributed by atoms with Crippen molar-refractivity contribution in [2.75, 3.05) is 24.4 Å². The number of rotatable bonds is 7. The number of ether oxygens (including phenoxy) is 2. The molecule has 148 valence electrons. The molecule has 2 N–H and O–H groups in total. The Kier molecular flexibility index (Phi) is 6.42. The third kappa shape index (κ3) is 5.10. The first-order valence-electron chi connectivity index (χ1n) is 9.06. The van der Waals surface area contributed by atoms with E-state index in [-0.39, 0.29) is 11.4 Å². The minimum Gasteiger partial charge on any atom is -0.495 e. The minimum atomic E-state index is -0.440. The van der Waals surface area contributed by atoms with Gasteiger partial charge in [-0.05, 0) is 55.5 Å². The van der Waals surface area contributed by atoms with Crippen LogP contribution in [-0.2, 0) is 0 Å². The van der Waals surface area contributed by atoms with Gasteiger partial charge < -0.3 is 20.1 Å². The first-order chi connectivity index (χ1) is 14.1. The van der Waals surface area contributed by atoms with Gasteiger partial charge in [0, 0.05) is 5.69 Å². The van der Waals surface area contributed by atoms with Gasteiger partial charge in [0.15, 0.2) is 0 Å². The fourth-order valence-corrected chi connectivity index (χ4v) is 2.62. The van der Waals surface area contributed by atoms with Gasteiger partial charge in [-0.2, -0.15) is 0 Å². The highest BCUT2D eigenvalue weighted by Crippen LogP contribution is 2.23. The van der Waals surface area contributed by atoms with E-state index in [1.807, 2.05) is 6.92 Å². The van der Waals surface area contributed by atoms with Crippen LogP contribution in [0.25, 0.3) is 0 Å². The molecule has 0 aliphatic rings. The highest BCUT2D eigenvalue weighted by molar-refractivity contribution is 6.06. The predicted molar refractivity (Wildman–Crippen MR) is 111 cm³/mol. The Balaban J connectivity index is 1.71. The summed E-state index contributed by atoms with van der Waals surface area (Å²) in [4.78, 5) is 29.2. The van der Waals surface area contributed by atoms with Crippen LogP contribution in [-0.4, -0.2) is 30.5 Å². The normalized spacial score (nSPS) is 10.1. The minimum absolute atomic E-state index is 0.121. The second kappa shape index (κ2) is 9.36. The lowest BCUT2D eigenvalue weighted by Crippen LogP contribution is -2.18. The summed E-state index contributed by atoms with van der Waals surface area (Å²) in [6.07, 6.45) is 0. The summed E-state index contributed by atoms with van der Waals surface area (Å²) >= 11 is 0. The van der Waals surface area contributed by atoms with E-state index < -0.39 is 11.8 Å². The monoisotopic (exact) mass is 391 g/mol. The number of hydrogen-bond acceptors (Lipinski definition) is 5. The molecule has 0 saturated heterocycles. The highest BCUT2D eigenvalue weighted by Gasteiger charge is 2.14. The van der Waals surface area contributed by atoms with Crippen LogP contribution in [0.15, 0.2) is 66.7 Å². The standard InChI is InChI=1S/C22H21N3O4/c1-3-29-16-13-11-15(12-14-16)23-21(26)18-8-6-9-19(24-18)22(27)25-17-7-4-5-10-20(17)28-2/h4-14H,3H2,1-2H3,(H,23,26)(H,25,27). The van der Waals surface area contributed by atoms with Gasteiger partial charge in [0.25, 0.3) is 11.8 Å². The van der Waals surface area contributed by atoms with Gasteiger partial charge in [-0.1, -0.05) is 18.2 Å². The number of carbonyl (C=O) groups excluding carboxylic acids is 2. The zero-order valence-corrected chi connectivity index (χ0v) is 16.1. The molecule has 1 aromatic heterocycles. The van der Waals surface area contributed by atoms with Crippen molar-refractivity contribution >= 4 is 23.2 Å². The van der Waals surface area contributed by atoms with Gasteiger partial charge in [0.05, 0.1) is 19.4 Å². The maximum atomic E-state index is 12.5. The second-order valence-corrected chi connectivity index (χ2v) is 5.97. The smallest absolute Gasteiger partial charge is 0.274 e. The van der Waals surface area contributed by atoms with Gasteiger partial charge >= 0.3 is 0 Å². The fraction of sp³-hybridized carbons (Fsp3) is 0.136. The maximum Gasteiger partial charge on any atom is 0.274 e. The fourth-order valence-electron chi connectivity index (χ4n) is 2.62. The number of aromatic nitrogens is 1. The van der Waals surface area contributed by atoms with Crippen LogP contribution in [0.4, 0.5) is 11.4 Å². The Hall–Kier alpha value is -3.87. The van der Waals surface area contributed by atoms with Crippen molar-refractivity contribution in [3.8, 4) is 11.5 Å². The lowest BCUT2D eigenvalue weighted by Gasteiger charge is -2.10. The molecule has 0 atom stereocenters. The number of benzene rings is 2. The van der Waals surface area contributed by atoms with Crippen LogP contribution >= 0.6 is 0 Å². The van der Waals surface area contributed by atoms with Crippen LogP contribution in [0, 0.1) is 0 Å². The van der Waals surface area contributed by atoms with Crippen molar-refractivity contribution in [2.45, 2.75) is 6.92 Å². The number of carbonyl (C=O) groups is 2. The Labute approximate surface area is 168 Å². The van der Waals surface area contributed by atoms with Crippen LogP contribution < -0.4 is 20.1 Å². The molecule has 1 heterocycles. The molecule has 3 rings (SSSR count). The van der Waals surface area contributed by atoms with E-state index in [1.165, 1.54) is 7.11 Å². The second-order valence-electron chi connectivity index (χ2n) is 5.97. The summed E-state index contributed by atoms with van der Waals surface area (Å²) in [6.45, 7) is 2.47. The quantitative estimate of drug-likeness (QED) is 0.636. The summed E-state index contributed by atoms with van der Waals surface area (Å²) in [7, 11) is 1.52. The molecule has 29 heavy (non-hydrogen) atoms. The summed E-state index contributed by atoms with van der Waals surface area (Å²) in [5.41, 5.74) is 1.37. The molecular formula is C22H21N3O4. The Morgan fingerprint density at radius 3 is 2.17 bits per heavy atom. The van der Waals surface area contributed by atoms with Crippen molar-refractivity contribution in [1.82, 2.24) is 4.98 Å². The molecule has 0 fully saturated rings. The SMILES string of the molecule is CCOc1ccc(NC(=O)c2cccc(C(=O)Nc3ccccc3OC)n2)cc1. The number of amides is 2. The molecule has 0 spiro atoms. The van der Waals surface area contributed by atoms with E-state index in [4.69, 9.17) is 9.47 Å². The Morgan fingerprint density at radius 1 is 0.862 bits per heavy atom. The number of anilines is 2. The molecule has 0 aliphatic carbocycles. The zero-order chi connectivity index (χ0) is 20.6. The van der Waals surface area contributed by atoms with Crippen LogP contribution in [0.2, 0.25) is 0 Å². The lowest BCUT2D eigenvalue weighted by atomic mass is 10.2. The topological polar surface area (TPSA) is 89.5 Å². The van der Waals surface area contributed by atoms with Crippen molar-refractivity contribution in [3.63, 3.8) is 0 Å². The summed E-state index contributed by atoms with van der Waals surface area (Å²) < 4.78 is 10.6. The van der Waals surface area contributed by atoms with E-state index in [2.05, 4.69) is 15.6 Å². The number of hydrogen-bond donors (Lipinski definition) is 2. The van der Waals surface area contributed by atoms with Crippen LogP contribution in [0.3, 0.4) is 0 Å². The molecule has 3 aromatic rings. The van der Waals surface area contributed by atoms with Gasteiger partial charge in [-0.15, -0.1) is 0 Å². The molecule has 0 bridgehead atoms. The average molecular weight is 391 g/mol. The van der Waals surface area contributed by atoms with Crippen molar-refractivity contribution in [1.29, 1.82) is 0 Å². The number of nitrogens with one attached hydrogen (secondary N) is 2. The third-order valence-corrected chi connectivity index (χ3v) is 3.99. The van der Waals surface area contributed by atoms with E-state index in [1.54, 1.807) is 66.7 Å². The maximum absolute atomic E-state index is 12.5. The molecule has 2 aromatic carbocycles. The molecule has 0 unspecified atom stereocenters. The van der Waals surface area contributed by atoms with Gasteiger partial charge in [0.1, 0.15) is 22.9 Å². The first kappa shape index (κ1) is 19.9. The van der Waals surface area contributed by atoms with Gasteiger partial charge in [-0.25, -0.2) is 4.98 Å². The number of pyridine rings is 1. The molecule has 0 aliphatic heterocycles. The Bertz CT molecular complexity index is 1000. The lowest BCUT2D eigenvalue weighted by molar-refractivity contribution is 0.101. The molecular weight excluding hydrogens is 370 g/mol. The summed E-state index contributed by atoms with van der Waals surface area (Å²) in [6, 6.07) is 18.8. The van der Waals surface area contributed by atoms with E-state index in [0.717, 1.165) is 5.75 Å². The van der Waals surface area contributed by atoms with Crippen molar-refractivity contribution in [3.05, 3.63) is 78.1 Å². The van der Waals surface area contributed by atoms with Crippen LogP contribution in [0.1, 0.15) is 27.9 Å². The Morgan fingerprint density at radius 2 is 1.52 bits per heavy atom. The van der Waals surface area contributed by atoms with Gasteiger partial charge in [0.2, 0.25) is 0 Å². The van der Waals surface area contributed by atoms with Crippen LogP contribution in [0.5, 0.6) is 11.5 Å². The van der Waals surface area contributed by atoms with Gasteiger partial charge in [-0.3, -0.25) is 9.59 Å². The predicted octanol–water partition coefficient (Wildman–Crippen LogP) is 3.99. The highest BCUT2D eigenvalue weighted by atomic mass is 16.5. The number of nitrogens with zero attached hydrogens (tertiary/aromatic N) is 1. The molecule has 7 heteroatoms. The third-order valence-electron chi connectivity index (χ3n) is 3.99. The first-order valence-corrected chi connectivity index (χ1v) is 9.06. The zero-order valence-electron chi connectivity index (χ0n) is 16.1. The van der Waals surface area contributed by atoms with E-state index in [9.17, 15) is 9.59 Å². The number of para-hydroxylation sites is 2. The molecule has 0 radical (unpaired) electrons. The van der Waals surface area contributed by atoms with Crippen molar-refractivity contribution < 1.29 is 19.1 Å². The molecule has 2 amide bonds. The molecule has 0 saturated carbocycles. The largest absolute Gasteiger partial charge is 0.495 e. The summed E-state index contributed by atoms with van der Waals surface area (Å²) in [5.74, 6) is 0.398. The van der Waals surface area contributed by atoms with Crippen molar-refractivity contribution in [2.24, 2.45) is 0 Å².